The van der Waals surface area contributed by atoms with E-state index in [1.165, 1.54) is 38.5 Å². The second kappa shape index (κ2) is 13.0. The third kappa shape index (κ3) is 8.22. The zero-order valence-corrected chi connectivity index (χ0v) is 22.6. The molecule has 0 amide bonds. The molecule has 1 saturated heterocycles. The molecule has 2 fully saturated rings. The molecule has 1 aliphatic heterocycles. The van der Waals surface area contributed by atoms with E-state index in [9.17, 15) is 0 Å². The molecular formula is C24H44IN5O. The van der Waals surface area contributed by atoms with E-state index in [0.29, 0.717) is 12.0 Å². The fourth-order valence-corrected chi connectivity index (χ4v) is 4.79. The minimum Gasteiger partial charge on any atom is -0.444 e. The van der Waals surface area contributed by atoms with Crippen molar-refractivity contribution in [2.24, 2.45) is 22.7 Å². The van der Waals surface area contributed by atoms with Gasteiger partial charge in [0.2, 0.25) is 5.89 Å². The van der Waals surface area contributed by atoms with Gasteiger partial charge in [0.25, 0.3) is 0 Å². The number of hydrogen-bond acceptors (Lipinski definition) is 4. The van der Waals surface area contributed by atoms with E-state index in [-0.39, 0.29) is 24.0 Å². The van der Waals surface area contributed by atoms with Crippen LogP contribution < -0.4 is 10.6 Å². The van der Waals surface area contributed by atoms with Crippen molar-refractivity contribution in [3.8, 4) is 0 Å². The second-order valence-corrected chi connectivity index (χ2v) is 9.69. The summed E-state index contributed by atoms with van der Waals surface area (Å²) in [7, 11) is 0. The van der Waals surface area contributed by atoms with Crippen LogP contribution in [0.1, 0.15) is 76.6 Å². The van der Waals surface area contributed by atoms with Crippen LogP contribution in [0.5, 0.6) is 0 Å². The summed E-state index contributed by atoms with van der Waals surface area (Å²) in [4.78, 5) is 11.9. The Morgan fingerprint density at radius 3 is 2.35 bits per heavy atom. The van der Waals surface area contributed by atoms with Gasteiger partial charge in [-0.05, 0) is 90.1 Å². The summed E-state index contributed by atoms with van der Waals surface area (Å²) in [5.74, 6) is 5.19. The van der Waals surface area contributed by atoms with E-state index in [0.717, 1.165) is 67.9 Å². The first-order valence-corrected chi connectivity index (χ1v) is 12.1. The van der Waals surface area contributed by atoms with Gasteiger partial charge < -0.3 is 15.1 Å². The molecule has 1 aromatic heterocycles. The molecule has 7 heteroatoms. The highest BCUT2D eigenvalue weighted by Gasteiger charge is 2.24. The van der Waals surface area contributed by atoms with Crippen LogP contribution in [-0.2, 0) is 6.54 Å². The molecular weight excluding hydrogens is 501 g/mol. The van der Waals surface area contributed by atoms with E-state index in [4.69, 9.17) is 9.41 Å². The van der Waals surface area contributed by atoms with Crippen LogP contribution in [0, 0.1) is 31.6 Å². The van der Waals surface area contributed by atoms with Crippen molar-refractivity contribution in [2.45, 2.75) is 85.7 Å². The van der Waals surface area contributed by atoms with E-state index in [1.54, 1.807) is 0 Å². The number of piperidine rings is 1. The number of likely N-dealkylation sites (tertiary alicyclic amines) is 1. The number of nitrogens with one attached hydrogen (secondary N) is 2. The van der Waals surface area contributed by atoms with Crippen LogP contribution in [0.25, 0.3) is 0 Å². The summed E-state index contributed by atoms with van der Waals surface area (Å²) >= 11 is 0. The van der Waals surface area contributed by atoms with Crippen molar-refractivity contribution in [3.05, 3.63) is 17.3 Å². The minimum atomic E-state index is 0. The summed E-state index contributed by atoms with van der Waals surface area (Å²) in [6.45, 7) is 15.7. The molecule has 2 N–H and O–H groups in total. The lowest BCUT2D eigenvalue weighted by Gasteiger charge is -2.32. The fraction of sp³-hybridized carbons (Fsp3) is 0.833. The third-order valence-electron chi connectivity index (χ3n) is 7.05. The quantitative estimate of drug-likeness (QED) is 0.290. The summed E-state index contributed by atoms with van der Waals surface area (Å²) < 4.78 is 5.75. The Labute approximate surface area is 206 Å². The molecule has 0 aromatic carbocycles. The second-order valence-electron chi connectivity index (χ2n) is 9.69. The lowest BCUT2D eigenvalue weighted by atomic mass is 9.80. The standard InChI is InChI=1S/C24H43N5O.HI/c1-6-25-24(28-22-9-7-21(8-10-22)17(2)3)26-15-20-11-13-29(14-12-20)16-23-27-18(4)19(5)30-23;/h17,20-22H,6-16H2,1-5H3,(H2,25,26,28);1H. The third-order valence-corrected chi connectivity index (χ3v) is 7.05. The first kappa shape index (κ1) is 26.4. The topological polar surface area (TPSA) is 65.7 Å². The van der Waals surface area contributed by atoms with Gasteiger partial charge in [0, 0.05) is 19.1 Å². The van der Waals surface area contributed by atoms with Gasteiger partial charge in [0.15, 0.2) is 5.96 Å². The summed E-state index contributed by atoms with van der Waals surface area (Å²) in [5, 5.41) is 7.17. The predicted octanol–water partition coefficient (Wildman–Crippen LogP) is 4.89. The van der Waals surface area contributed by atoms with Crippen LogP contribution in [-0.4, -0.2) is 48.1 Å². The molecule has 2 heterocycles. The Morgan fingerprint density at radius 1 is 1.13 bits per heavy atom. The van der Waals surface area contributed by atoms with Crippen molar-refractivity contribution >= 4 is 29.9 Å². The van der Waals surface area contributed by atoms with Crippen LogP contribution >= 0.6 is 24.0 Å². The molecule has 1 aromatic rings. The molecule has 0 spiro atoms. The van der Waals surface area contributed by atoms with Gasteiger partial charge in [-0.3, -0.25) is 9.89 Å². The Morgan fingerprint density at radius 2 is 1.81 bits per heavy atom. The highest BCUT2D eigenvalue weighted by atomic mass is 127. The molecule has 31 heavy (non-hydrogen) atoms. The molecule has 1 aliphatic carbocycles. The molecule has 3 rings (SSSR count). The van der Waals surface area contributed by atoms with Crippen LogP contribution in [0.4, 0.5) is 0 Å². The van der Waals surface area contributed by atoms with Crippen molar-refractivity contribution in [1.29, 1.82) is 0 Å². The number of rotatable bonds is 7. The number of aromatic nitrogens is 1. The number of aryl methyl sites for hydroxylation is 2. The van der Waals surface area contributed by atoms with Gasteiger partial charge in [-0.1, -0.05) is 13.8 Å². The number of halogens is 1. The van der Waals surface area contributed by atoms with Crippen molar-refractivity contribution in [3.63, 3.8) is 0 Å². The molecule has 2 aliphatic rings. The Balaban J connectivity index is 0.00000341. The van der Waals surface area contributed by atoms with Crippen LogP contribution in [0.2, 0.25) is 0 Å². The molecule has 0 radical (unpaired) electrons. The maximum Gasteiger partial charge on any atom is 0.208 e. The van der Waals surface area contributed by atoms with Crippen LogP contribution in [0.3, 0.4) is 0 Å². The summed E-state index contributed by atoms with van der Waals surface area (Å²) in [6.07, 6.45) is 7.62. The maximum absolute atomic E-state index is 5.75. The van der Waals surface area contributed by atoms with E-state index >= 15 is 0 Å². The molecule has 1 saturated carbocycles. The zero-order valence-electron chi connectivity index (χ0n) is 20.2. The number of oxazole rings is 1. The van der Waals surface area contributed by atoms with E-state index < -0.39 is 0 Å². The SMILES string of the molecule is CCNC(=NCC1CCN(Cc2nc(C)c(C)o2)CC1)NC1CCC(C(C)C)CC1.I. The highest BCUT2D eigenvalue weighted by Crippen LogP contribution is 2.29. The van der Waals surface area contributed by atoms with Crippen molar-refractivity contribution in [2.75, 3.05) is 26.2 Å². The average Bonchev–Trinajstić information content (AvgIpc) is 3.04. The first-order chi connectivity index (χ1) is 14.4. The van der Waals surface area contributed by atoms with Gasteiger partial charge in [-0.2, -0.15) is 0 Å². The number of guanidine groups is 1. The number of aliphatic imine (C=N–C) groups is 1. The van der Waals surface area contributed by atoms with Crippen molar-refractivity contribution < 1.29 is 4.42 Å². The fourth-order valence-electron chi connectivity index (χ4n) is 4.79. The van der Waals surface area contributed by atoms with Gasteiger partial charge in [-0.15, -0.1) is 24.0 Å². The maximum atomic E-state index is 5.75. The average molecular weight is 546 g/mol. The predicted molar refractivity (Wildman–Crippen MR) is 139 cm³/mol. The zero-order chi connectivity index (χ0) is 21.5. The molecule has 6 nitrogen and oxygen atoms in total. The lowest BCUT2D eigenvalue weighted by molar-refractivity contribution is 0.166. The van der Waals surface area contributed by atoms with Gasteiger partial charge in [-0.25, -0.2) is 4.98 Å². The molecule has 0 atom stereocenters. The molecule has 0 unspecified atom stereocenters. The van der Waals surface area contributed by atoms with Crippen molar-refractivity contribution in [1.82, 2.24) is 20.5 Å². The normalized spacial score (nSPS) is 23.6. The van der Waals surface area contributed by atoms with Crippen LogP contribution in [0.15, 0.2) is 9.41 Å². The Bertz CT molecular complexity index is 654. The smallest absolute Gasteiger partial charge is 0.208 e. The van der Waals surface area contributed by atoms with Gasteiger partial charge in [0.1, 0.15) is 5.76 Å². The summed E-state index contributed by atoms with van der Waals surface area (Å²) in [5.41, 5.74) is 1.01. The minimum absolute atomic E-state index is 0. The summed E-state index contributed by atoms with van der Waals surface area (Å²) in [6, 6.07) is 0.576. The van der Waals surface area contributed by atoms with E-state index in [2.05, 4.69) is 41.3 Å². The van der Waals surface area contributed by atoms with Gasteiger partial charge in [0.05, 0.1) is 12.2 Å². The Hall–Kier alpha value is -0.830. The Kier molecular flexibility index (Phi) is 11.1. The molecule has 178 valence electrons. The largest absolute Gasteiger partial charge is 0.444 e. The highest BCUT2D eigenvalue weighted by molar-refractivity contribution is 14.0. The molecule has 0 bridgehead atoms. The number of nitrogens with zero attached hydrogens (tertiary/aromatic N) is 3. The lowest BCUT2D eigenvalue weighted by Crippen LogP contribution is -2.45. The first-order valence-electron chi connectivity index (χ1n) is 12.1. The van der Waals surface area contributed by atoms with Gasteiger partial charge >= 0.3 is 0 Å². The van der Waals surface area contributed by atoms with E-state index in [1.807, 2.05) is 13.8 Å². The number of hydrogen-bond donors (Lipinski definition) is 2. The monoisotopic (exact) mass is 545 g/mol.